The molecule has 9 aromatic heterocycles. The number of benzene rings is 15. The molecule has 1 aliphatic carbocycles. The molecule has 0 saturated carbocycles. The Kier molecular flexibility index (Phi) is 17.9. The zero-order chi connectivity index (χ0) is 84.3. The Hall–Kier alpha value is -16.3. The Balaban J connectivity index is 0.000000109. The molecule has 0 amide bonds. The summed E-state index contributed by atoms with van der Waals surface area (Å²) < 4.78 is 26.7. The standard InChI is InChI=1S/C37H27N3O2.C37H25N3O.C35H23N3O.CO2/c1-37(2,41)29-20-9-6-15-24(29)27-18-12-19-28-33-35(42-34(27)28)32(23-13-4-3-5-14-23)38-36(39-33)40-30-21-10-7-16-25(30)26-17-8-11-22-31(26)40;1-37(2)27-17-9-6-16-25(27)31-28(37)21-20-26-33-35(41-34(26)31)32(22-12-4-3-5-13-22)38-36(39-33)40-29-18-10-7-14-23(29)24-15-8-11-19-30(24)40;1-22-12-5-6-15-24(22)27-18-11-19-28-32-34(39-33(27)28)31(23-13-3-2-4-14-23)36-35(37-32)38-29-20-9-7-16-25(29)26-17-8-10-21-30(26)38;2-1-3/h3-22,41H,1-2H3;3-21H,1-2H3;2-21H,1H3;. The first-order valence-electron chi connectivity index (χ1n) is 41.6. The molecule has 596 valence electrons. The fourth-order valence-corrected chi connectivity index (χ4v) is 18.8. The van der Waals surface area contributed by atoms with Crippen LogP contribution in [0, 0.1) is 6.92 Å². The molecule has 0 unspecified atom stereocenters. The molecule has 25 rings (SSSR count). The van der Waals surface area contributed by atoms with Crippen molar-refractivity contribution in [3.05, 3.63) is 380 Å². The number of hydrogen-bond acceptors (Lipinski definition) is 12. The van der Waals surface area contributed by atoms with E-state index in [2.05, 4.69) is 289 Å². The van der Waals surface area contributed by atoms with E-state index in [1.165, 1.54) is 49.4 Å². The first-order chi connectivity index (χ1) is 61.3. The van der Waals surface area contributed by atoms with E-state index in [1.54, 1.807) is 0 Å². The van der Waals surface area contributed by atoms with Gasteiger partial charge in [-0.2, -0.15) is 9.59 Å². The summed E-state index contributed by atoms with van der Waals surface area (Å²) in [6.45, 7) is 10.3. The minimum Gasteiger partial charge on any atom is -0.451 e. The summed E-state index contributed by atoms with van der Waals surface area (Å²) in [5.74, 6) is 1.85. The average Bonchev–Trinajstić information content (AvgIpc) is 1.53. The van der Waals surface area contributed by atoms with Gasteiger partial charge < -0.3 is 18.4 Å². The first kappa shape index (κ1) is 74.9. The van der Waals surface area contributed by atoms with Crippen LogP contribution in [0.5, 0.6) is 0 Å². The molecule has 1 N–H and O–H groups in total. The third-order valence-electron chi connectivity index (χ3n) is 24.5. The highest BCUT2D eigenvalue weighted by atomic mass is 16.3. The average molecular weight is 1620 g/mol. The number of aromatic nitrogens is 9. The monoisotopic (exact) mass is 1620 g/mol. The highest BCUT2D eigenvalue weighted by molar-refractivity contribution is 6.17. The minimum atomic E-state index is -1.02. The maximum Gasteiger partial charge on any atom is 0.373 e. The van der Waals surface area contributed by atoms with Gasteiger partial charge in [-0.25, -0.2) is 29.9 Å². The van der Waals surface area contributed by atoms with E-state index in [0.717, 1.165) is 155 Å². The normalized spacial score (nSPS) is 12.3. The fourth-order valence-electron chi connectivity index (χ4n) is 18.8. The number of para-hydroxylation sites is 8. The van der Waals surface area contributed by atoms with Gasteiger partial charge in [0.05, 0.1) is 38.7 Å². The maximum absolute atomic E-state index is 11.0. The van der Waals surface area contributed by atoms with Gasteiger partial charge in [-0.15, -0.1) is 0 Å². The van der Waals surface area contributed by atoms with Crippen molar-refractivity contribution in [3.8, 4) is 85.0 Å². The van der Waals surface area contributed by atoms with Gasteiger partial charge in [-0.05, 0) is 114 Å². The molecule has 0 atom stereocenters. The molecule has 15 nitrogen and oxygen atoms in total. The third-order valence-corrected chi connectivity index (χ3v) is 24.5. The Bertz CT molecular complexity index is 8330. The Morgan fingerprint density at radius 1 is 0.288 bits per heavy atom. The number of hydrogen-bond donors (Lipinski definition) is 1. The van der Waals surface area contributed by atoms with Gasteiger partial charge >= 0.3 is 6.15 Å². The predicted molar refractivity (Wildman–Crippen MR) is 501 cm³/mol. The lowest BCUT2D eigenvalue weighted by molar-refractivity contribution is -0.191. The van der Waals surface area contributed by atoms with Crippen LogP contribution in [0.3, 0.4) is 0 Å². The molecular weight excluding hydrogens is 1540 g/mol. The van der Waals surface area contributed by atoms with Gasteiger partial charge in [0.15, 0.2) is 16.7 Å². The number of nitrogens with zero attached hydrogens (tertiary/aromatic N) is 9. The van der Waals surface area contributed by atoms with Crippen LogP contribution in [0.25, 0.3) is 217 Å². The van der Waals surface area contributed by atoms with E-state index >= 15 is 0 Å². The zero-order valence-electron chi connectivity index (χ0n) is 68.6. The van der Waals surface area contributed by atoms with Crippen LogP contribution >= 0.6 is 0 Å². The summed E-state index contributed by atoms with van der Waals surface area (Å²) in [6, 6.07) is 123. The van der Waals surface area contributed by atoms with Crippen LogP contribution in [0.2, 0.25) is 0 Å². The molecule has 0 saturated heterocycles. The molecule has 9 heterocycles. The van der Waals surface area contributed by atoms with Crippen LogP contribution in [-0.4, -0.2) is 54.9 Å². The second-order valence-corrected chi connectivity index (χ2v) is 32.6. The third kappa shape index (κ3) is 12.2. The summed E-state index contributed by atoms with van der Waals surface area (Å²) in [5, 5.41) is 20.9. The van der Waals surface area contributed by atoms with Gasteiger partial charge in [0.1, 0.15) is 50.4 Å². The lowest BCUT2D eigenvalue weighted by Crippen LogP contribution is -2.16. The van der Waals surface area contributed by atoms with E-state index in [-0.39, 0.29) is 11.6 Å². The van der Waals surface area contributed by atoms with E-state index in [1.807, 2.05) is 117 Å². The molecule has 1 aliphatic rings. The second kappa shape index (κ2) is 29.8. The molecular formula is C110H75N9O6. The largest absolute Gasteiger partial charge is 0.451 e. The molecule has 24 aromatic rings. The predicted octanol–water partition coefficient (Wildman–Crippen LogP) is 27.0. The van der Waals surface area contributed by atoms with Crippen molar-refractivity contribution < 1.29 is 27.9 Å². The van der Waals surface area contributed by atoms with Crippen molar-refractivity contribution in [2.45, 2.75) is 45.6 Å². The Morgan fingerprint density at radius 3 is 0.968 bits per heavy atom. The van der Waals surface area contributed by atoms with Gasteiger partial charge in [0.2, 0.25) is 17.8 Å². The SMILES string of the molecule is CC(C)(O)c1ccccc1-c1cccc2c1oc1c(-c3ccccc3)nc(-n3c4ccccc4c4ccccc43)nc12.CC1(C)c2ccccc2-c2c1ccc1c2oc2c(-c3ccccc3)nc(-n3c4ccccc4c4ccccc43)nc21.Cc1ccccc1-c1cccc2c1oc1c(-c3ccccc3)nc(-n3c4ccccc4c4ccccc43)nc12.O=C=O. The topological polar surface area (TPSA) is 186 Å². The minimum absolute atomic E-state index is 0.110. The zero-order valence-corrected chi connectivity index (χ0v) is 68.6. The highest BCUT2D eigenvalue weighted by Crippen LogP contribution is 2.54. The van der Waals surface area contributed by atoms with Crippen LogP contribution in [0.15, 0.2) is 371 Å². The second-order valence-electron chi connectivity index (χ2n) is 32.6. The molecule has 0 bridgehead atoms. The number of aryl methyl sites for hydroxylation is 1. The first-order valence-corrected chi connectivity index (χ1v) is 41.6. The lowest BCUT2D eigenvalue weighted by atomic mass is 9.82. The quantitative estimate of drug-likeness (QED) is 0.144. The van der Waals surface area contributed by atoms with Crippen molar-refractivity contribution in [1.82, 2.24) is 43.6 Å². The molecule has 125 heavy (non-hydrogen) atoms. The summed E-state index contributed by atoms with van der Waals surface area (Å²) in [5.41, 5.74) is 28.4. The van der Waals surface area contributed by atoms with Crippen molar-refractivity contribution in [2.75, 3.05) is 0 Å². The highest BCUT2D eigenvalue weighted by Gasteiger charge is 2.39. The van der Waals surface area contributed by atoms with Crippen molar-refractivity contribution in [1.29, 1.82) is 0 Å². The number of furan rings is 3. The summed E-state index contributed by atoms with van der Waals surface area (Å²) in [4.78, 5) is 47.5. The number of carbonyl (C=O) groups excluding carboxylic acids is 2. The van der Waals surface area contributed by atoms with E-state index < -0.39 is 5.60 Å². The summed E-state index contributed by atoms with van der Waals surface area (Å²) in [7, 11) is 0. The fraction of sp³-hybridized carbons (Fsp3) is 0.0636. The molecule has 0 spiro atoms. The smallest absolute Gasteiger partial charge is 0.373 e. The number of aliphatic hydroxyl groups is 1. The lowest BCUT2D eigenvalue weighted by Gasteiger charge is -2.21. The molecule has 0 aliphatic heterocycles. The molecule has 15 heteroatoms. The summed E-state index contributed by atoms with van der Waals surface area (Å²) in [6.07, 6.45) is 0.250. The number of fused-ring (bicyclic) bond motifs is 22. The van der Waals surface area contributed by atoms with Crippen molar-refractivity contribution >= 4 is 138 Å². The van der Waals surface area contributed by atoms with Crippen LogP contribution < -0.4 is 0 Å². The van der Waals surface area contributed by atoms with Crippen LogP contribution in [0.1, 0.15) is 49.9 Å². The van der Waals surface area contributed by atoms with Gasteiger partial charge in [0, 0.05) is 87.3 Å². The maximum atomic E-state index is 11.0. The Labute approximate surface area is 715 Å². The van der Waals surface area contributed by atoms with E-state index in [4.69, 9.17) is 52.7 Å². The van der Waals surface area contributed by atoms with E-state index in [0.29, 0.717) is 34.6 Å². The molecule has 15 aromatic carbocycles. The Morgan fingerprint density at radius 2 is 0.584 bits per heavy atom. The van der Waals surface area contributed by atoms with E-state index in [9.17, 15) is 5.11 Å². The van der Waals surface area contributed by atoms with Gasteiger partial charge in [-0.1, -0.05) is 317 Å². The van der Waals surface area contributed by atoms with Crippen LogP contribution in [-0.2, 0) is 20.6 Å². The molecule has 0 radical (unpaired) electrons. The van der Waals surface area contributed by atoms with Crippen LogP contribution in [0.4, 0.5) is 0 Å². The van der Waals surface area contributed by atoms with Gasteiger partial charge in [0.25, 0.3) is 0 Å². The van der Waals surface area contributed by atoms with Crippen molar-refractivity contribution in [2.24, 2.45) is 0 Å². The van der Waals surface area contributed by atoms with Crippen molar-refractivity contribution in [3.63, 3.8) is 0 Å². The number of rotatable bonds is 9. The van der Waals surface area contributed by atoms with Gasteiger partial charge in [-0.3, -0.25) is 13.7 Å². The molecule has 0 fully saturated rings. The summed E-state index contributed by atoms with van der Waals surface area (Å²) >= 11 is 0.